The normalized spacial score (nSPS) is 32.2. The zero-order chi connectivity index (χ0) is 13.9. The van der Waals surface area contributed by atoms with E-state index in [1.807, 2.05) is 0 Å². The molecular weight excluding hydrogens is 236 g/mol. The molecular formula is C16H32N2O. The van der Waals surface area contributed by atoms with Crippen molar-refractivity contribution in [2.75, 3.05) is 32.8 Å². The summed E-state index contributed by atoms with van der Waals surface area (Å²) in [5.74, 6) is 0.932. The standard InChI is InChI=1S/C16H32N2O/c1-5-19-15-12-14(16(15,3)4)17-8-11-18-9-6-13(2)7-10-18/h13-15,17H,5-12H2,1-4H3. The maximum Gasteiger partial charge on any atom is 0.0655 e. The largest absolute Gasteiger partial charge is 0.378 e. The number of rotatable bonds is 6. The number of piperidine rings is 1. The number of hydrogen-bond acceptors (Lipinski definition) is 3. The summed E-state index contributed by atoms with van der Waals surface area (Å²) < 4.78 is 5.78. The van der Waals surface area contributed by atoms with E-state index < -0.39 is 0 Å². The minimum atomic E-state index is 0.298. The van der Waals surface area contributed by atoms with E-state index in [4.69, 9.17) is 4.74 Å². The van der Waals surface area contributed by atoms with Crippen LogP contribution in [0.25, 0.3) is 0 Å². The van der Waals surface area contributed by atoms with Gasteiger partial charge in [-0.2, -0.15) is 0 Å². The summed E-state index contributed by atoms with van der Waals surface area (Å²) in [6, 6.07) is 0.632. The fourth-order valence-corrected chi connectivity index (χ4v) is 3.40. The van der Waals surface area contributed by atoms with E-state index in [9.17, 15) is 0 Å². The van der Waals surface area contributed by atoms with Crippen molar-refractivity contribution in [1.29, 1.82) is 0 Å². The third-order valence-corrected chi connectivity index (χ3v) is 5.24. The fraction of sp³-hybridized carbons (Fsp3) is 1.00. The fourth-order valence-electron chi connectivity index (χ4n) is 3.40. The molecule has 3 nitrogen and oxygen atoms in total. The molecule has 1 aliphatic heterocycles. The second-order valence-electron chi connectivity index (χ2n) is 7.03. The van der Waals surface area contributed by atoms with Gasteiger partial charge in [-0.25, -0.2) is 0 Å². The number of ether oxygens (including phenoxy) is 1. The molecule has 2 fully saturated rings. The number of hydrogen-bond donors (Lipinski definition) is 1. The van der Waals surface area contributed by atoms with Crippen LogP contribution in [0.3, 0.4) is 0 Å². The summed E-state index contributed by atoms with van der Waals surface area (Å²) in [6.45, 7) is 14.9. The quantitative estimate of drug-likeness (QED) is 0.801. The molecule has 2 aliphatic rings. The van der Waals surface area contributed by atoms with Gasteiger partial charge < -0.3 is 15.0 Å². The summed E-state index contributed by atoms with van der Waals surface area (Å²) in [5.41, 5.74) is 0.298. The monoisotopic (exact) mass is 268 g/mol. The van der Waals surface area contributed by atoms with Gasteiger partial charge in [-0.1, -0.05) is 20.8 Å². The maximum atomic E-state index is 5.78. The highest BCUT2D eigenvalue weighted by atomic mass is 16.5. The first kappa shape index (κ1) is 15.3. The van der Waals surface area contributed by atoms with Gasteiger partial charge in [0.05, 0.1) is 6.10 Å². The molecule has 0 spiro atoms. The lowest BCUT2D eigenvalue weighted by atomic mass is 9.64. The van der Waals surface area contributed by atoms with Crippen molar-refractivity contribution < 1.29 is 4.74 Å². The van der Waals surface area contributed by atoms with Crippen LogP contribution in [0, 0.1) is 11.3 Å². The van der Waals surface area contributed by atoms with Gasteiger partial charge >= 0.3 is 0 Å². The minimum absolute atomic E-state index is 0.298. The summed E-state index contributed by atoms with van der Waals surface area (Å²) in [5, 5.41) is 3.73. The molecule has 1 N–H and O–H groups in total. The first-order valence-electron chi connectivity index (χ1n) is 8.11. The Morgan fingerprint density at radius 1 is 1.26 bits per heavy atom. The summed E-state index contributed by atoms with van der Waals surface area (Å²) in [7, 11) is 0. The third kappa shape index (κ3) is 3.71. The highest BCUT2D eigenvalue weighted by molar-refractivity contribution is 5.02. The van der Waals surface area contributed by atoms with Crippen molar-refractivity contribution in [3.63, 3.8) is 0 Å². The highest BCUT2D eigenvalue weighted by Crippen LogP contribution is 2.42. The molecule has 1 heterocycles. The van der Waals surface area contributed by atoms with Crippen molar-refractivity contribution in [1.82, 2.24) is 10.2 Å². The molecule has 2 rings (SSSR count). The molecule has 1 saturated heterocycles. The van der Waals surface area contributed by atoms with E-state index in [-0.39, 0.29) is 0 Å². The molecule has 3 heteroatoms. The molecule has 2 atom stereocenters. The molecule has 0 amide bonds. The van der Waals surface area contributed by atoms with Gasteiger partial charge in [0.1, 0.15) is 0 Å². The van der Waals surface area contributed by atoms with Crippen LogP contribution >= 0.6 is 0 Å². The predicted octanol–water partition coefficient (Wildman–Crippen LogP) is 2.51. The minimum Gasteiger partial charge on any atom is -0.378 e. The van der Waals surface area contributed by atoms with Gasteiger partial charge in [-0.15, -0.1) is 0 Å². The van der Waals surface area contributed by atoms with Crippen LogP contribution in [0.5, 0.6) is 0 Å². The smallest absolute Gasteiger partial charge is 0.0655 e. The van der Waals surface area contributed by atoms with Crippen molar-refractivity contribution in [2.24, 2.45) is 11.3 Å². The Bertz CT molecular complexity index is 272. The topological polar surface area (TPSA) is 24.5 Å². The van der Waals surface area contributed by atoms with E-state index >= 15 is 0 Å². The molecule has 1 saturated carbocycles. The van der Waals surface area contributed by atoms with Crippen LogP contribution in [0.2, 0.25) is 0 Å². The van der Waals surface area contributed by atoms with Crippen LogP contribution in [0.15, 0.2) is 0 Å². The number of nitrogens with one attached hydrogen (secondary N) is 1. The summed E-state index contributed by atoms with van der Waals surface area (Å²) >= 11 is 0. The van der Waals surface area contributed by atoms with Gasteiger partial charge in [-0.3, -0.25) is 0 Å². The molecule has 0 aromatic rings. The van der Waals surface area contributed by atoms with Crippen LogP contribution < -0.4 is 5.32 Å². The molecule has 1 aliphatic carbocycles. The van der Waals surface area contributed by atoms with E-state index in [0.717, 1.165) is 19.1 Å². The van der Waals surface area contributed by atoms with Gasteiger partial charge in [0.2, 0.25) is 0 Å². The average molecular weight is 268 g/mol. The third-order valence-electron chi connectivity index (χ3n) is 5.24. The Hall–Kier alpha value is -0.120. The zero-order valence-electron chi connectivity index (χ0n) is 13.2. The first-order chi connectivity index (χ1) is 9.04. The van der Waals surface area contributed by atoms with Crippen LogP contribution in [-0.4, -0.2) is 49.8 Å². The second-order valence-corrected chi connectivity index (χ2v) is 7.03. The lowest BCUT2D eigenvalue weighted by Gasteiger charge is -2.52. The predicted molar refractivity (Wildman–Crippen MR) is 80.4 cm³/mol. The van der Waals surface area contributed by atoms with E-state index in [0.29, 0.717) is 17.6 Å². The van der Waals surface area contributed by atoms with Gasteiger partial charge in [0, 0.05) is 31.2 Å². The number of likely N-dealkylation sites (tertiary alicyclic amines) is 1. The maximum absolute atomic E-state index is 5.78. The Balaban J connectivity index is 1.62. The number of nitrogens with zero attached hydrogens (tertiary/aromatic N) is 1. The summed E-state index contributed by atoms with van der Waals surface area (Å²) in [6.07, 6.45) is 4.38. The van der Waals surface area contributed by atoms with E-state index in [2.05, 4.69) is 37.9 Å². The lowest BCUT2D eigenvalue weighted by Crippen LogP contribution is -2.61. The Kier molecular flexibility index (Phi) is 5.27. The molecule has 0 aromatic heterocycles. The van der Waals surface area contributed by atoms with Crippen molar-refractivity contribution in [3.8, 4) is 0 Å². The van der Waals surface area contributed by atoms with Gasteiger partial charge in [0.15, 0.2) is 0 Å². The Morgan fingerprint density at radius 3 is 2.53 bits per heavy atom. The second kappa shape index (κ2) is 6.55. The van der Waals surface area contributed by atoms with Gasteiger partial charge in [-0.05, 0) is 45.2 Å². The van der Waals surface area contributed by atoms with Crippen molar-refractivity contribution in [2.45, 2.75) is 59.1 Å². The molecule has 0 aromatic carbocycles. The first-order valence-corrected chi connectivity index (χ1v) is 8.11. The molecule has 19 heavy (non-hydrogen) atoms. The molecule has 112 valence electrons. The van der Waals surface area contributed by atoms with Crippen LogP contribution in [0.1, 0.15) is 47.0 Å². The Morgan fingerprint density at radius 2 is 1.95 bits per heavy atom. The molecule has 2 unspecified atom stereocenters. The van der Waals surface area contributed by atoms with Crippen molar-refractivity contribution in [3.05, 3.63) is 0 Å². The molecule has 0 bridgehead atoms. The van der Waals surface area contributed by atoms with Gasteiger partial charge in [0.25, 0.3) is 0 Å². The van der Waals surface area contributed by atoms with E-state index in [1.54, 1.807) is 0 Å². The molecule has 0 radical (unpaired) electrons. The lowest BCUT2D eigenvalue weighted by molar-refractivity contribution is -0.114. The van der Waals surface area contributed by atoms with Crippen molar-refractivity contribution >= 4 is 0 Å². The Labute approximate surface area is 119 Å². The van der Waals surface area contributed by atoms with Crippen LogP contribution in [-0.2, 0) is 4.74 Å². The highest BCUT2D eigenvalue weighted by Gasteiger charge is 2.48. The van der Waals surface area contributed by atoms with E-state index in [1.165, 1.54) is 38.9 Å². The summed E-state index contributed by atoms with van der Waals surface area (Å²) in [4.78, 5) is 2.61. The van der Waals surface area contributed by atoms with Crippen LogP contribution in [0.4, 0.5) is 0 Å². The SMILES string of the molecule is CCOC1CC(NCCN2CCC(C)CC2)C1(C)C. The zero-order valence-corrected chi connectivity index (χ0v) is 13.2. The average Bonchev–Trinajstić information content (AvgIpc) is 2.39.